The summed E-state index contributed by atoms with van der Waals surface area (Å²) in [6.07, 6.45) is 1.49. The average Bonchev–Trinajstić information content (AvgIpc) is 2.33. The topological polar surface area (TPSA) is 83.6 Å². The second-order valence-electron chi connectivity index (χ2n) is 4.35. The number of anilines is 1. The maximum Gasteiger partial charge on any atom is 0.243 e. The van der Waals surface area contributed by atoms with Gasteiger partial charge in [0.15, 0.2) is 0 Å². The lowest BCUT2D eigenvalue weighted by Gasteiger charge is -2.21. The highest BCUT2D eigenvalue weighted by molar-refractivity contribution is 7.89. The Hall–Kier alpha value is -1.37. The largest absolute Gasteiger partial charge is 0.398 e. The summed E-state index contributed by atoms with van der Waals surface area (Å²) in [6.45, 7) is 6.93. The van der Waals surface area contributed by atoms with Crippen molar-refractivity contribution in [3.63, 3.8) is 0 Å². The zero-order valence-corrected chi connectivity index (χ0v) is 12.1. The molecule has 1 aromatic rings. The molecule has 0 radical (unpaired) electrons. The zero-order chi connectivity index (χ0) is 14.6. The molecule has 0 saturated carbocycles. The summed E-state index contributed by atoms with van der Waals surface area (Å²) in [5.74, 6) is 0. The standard InChI is InChI=1S/C13H20N2O3S/c1-4-5-15(6-7-16)19(17,18)13-9-10(2)8-12(14)11(13)3/h4,8-9,16H,1,5-7,14H2,2-3H3. The molecule has 106 valence electrons. The molecule has 0 aliphatic carbocycles. The van der Waals surface area contributed by atoms with Crippen LogP contribution in [0.4, 0.5) is 5.69 Å². The molecule has 1 aromatic carbocycles. The van der Waals surface area contributed by atoms with Crippen LogP contribution in [0, 0.1) is 13.8 Å². The van der Waals surface area contributed by atoms with Crippen LogP contribution in [-0.2, 0) is 10.0 Å². The van der Waals surface area contributed by atoms with Gasteiger partial charge in [0.1, 0.15) is 0 Å². The first kappa shape index (κ1) is 15.7. The van der Waals surface area contributed by atoms with Crippen LogP contribution in [0.3, 0.4) is 0 Å². The van der Waals surface area contributed by atoms with Crippen molar-refractivity contribution in [1.82, 2.24) is 4.31 Å². The van der Waals surface area contributed by atoms with Gasteiger partial charge >= 0.3 is 0 Å². The third-order valence-electron chi connectivity index (χ3n) is 2.84. The van der Waals surface area contributed by atoms with Crippen LogP contribution in [0.25, 0.3) is 0 Å². The number of aliphatic hydroxyl groups is 1. The van der Waals surface area contributed by atoms with Crippen LogP contribution < -0.4 is 5.73 Å². The number of rotatable bonds is 6. The number of nitrogen functional groups attached to an aromatic ring is 1. The van der Waals surface area contributed by atoms with Crippen molar-refractivity contribution in [3.8, 4) is 0 Å². The second kappa shape index (κ2) is 6.18. The van der Waals surface area contributed by atoms with Gasteiger partial charge in [0.05, 0.1) is 11.5 Å². The number of hydrogen-bond acceptors (Lipinski definition) is 4. The number of aliphatic hydroxyl groups excluding tert-OH is 1. The molecule has 0 aromatic heterocycles. The molecule has 0 aliphatic heterocycles. The minimum absolute atomic E-state index is 0.0294. The molecule has 6 heteroatoms. The first-order valence-electron chi connectivity index (χ1n) is 5.93. The summed E-state index contributed by atoms with van der Waals surface area (Å²) < 4.78 is 26.3. The highest BCUT2D eigenvalue weighted by Crippen LogP contribution is 2.25. The molecule has 19 heavy (non-hydrogen) atoms. The Bertz CT molecular complexity index is 567. The second-order valence-corrected chi connectivity index (χ2v) is 6.26. The van der Waals surface area contributed by atoms with Crippen molar-refractivity contribution in [1.29, 1.82) is 0 Å². The predicted octanol–water partition coefficient (Wildman–Crippen LogP) is 1.05. The quantitative estimate of drug-likeness (QED) is 0.604. The third kappa shape index (κ3) is 3.34. The van der Waals surface area contributed by atoms with Crippen molar-refractivity contribution < 1.29 is 13.5 Å². The van der Waals surface area contributed by atoms with Gasteiger partial charge < -0.3 is 10.8 Å². The van der Waals surface area contributed by atoms with E-state index < -0.39 is 10.0 Å². The molecule has 0 saturated heterocycles. The van der Waals surface area contributed by atoms with Crippen LogP contribution in [0.15, 0.2) is 29.7 Å². The van der Waals surface area contributed by atoms with Crippen LogP contribution in [0.1, 0.15) is 11.1 Å². The highest BCUT2D eigenvalue weighted by atomic mass is 32.2. The lowest BCUT2D eigenvalue weighted by atomic mass is 10.1. The van der Waals surface area contributed by atoms with E-state index in [-0.39, 0.29) is 24.6 Å². The molecule has 0 atom stereocenters. The summed E-state index contributed by atoms with van der Waals surface area (Å²) in [7, 11) is -3.68. The smallest absolute Gasteiger partial charge is 0.243 e. The molecule has 0 spiro atoms. The molecule has 0 aliphatic rings. The molecule has 5 nitrogen and oxygen atoms in total. The van der Waals surface area contributed by atoms with Gasteiger partial charge in [-0.2, -0.15) is 4.31 Å². The van der Waals surface area contributed by atoms with Gasteiger partial charge in [0.2, 0.25) is 10.0 Å². The molecule has 1 rings (SSSR count). The van der Waals surface area contributed by atoms with Crippen molar-refractivity contribution in [2.75, 3.05) is 25.4 Å². The number of nitrogens with two attached hydrogens (primary N) is 1. The Kier molecular flexibility index (Phi) is 5.11. The van der Waals surface area contributed by atoms with E-state index in [1.54, 1.807) is 26.0 Å². The summed E-state index contributed by atoms with van der Waals surface area (Å²) in [4.78, 5) is 0.181. The summed E-state index contributed by atoms with van der Waals surface area (Å²) in [6, 6.07) is 3.33. The first-order chi connectivity index (χ1) is 8.84. The monoisotopic (exact) mass is 284 g/mol. The SMILES string of the molecule is C=CCN(CCO)S(=O)(=O)c1cc(C)cc(N)c1C. The Morgan fingerprint density at radius 2 is 2.05 bits per heavy atom. The van der Waals surface area contributed by atoms with Crippen LogP contribution >= 0.6 is 0 Å². The fourth-order valence-corrected chi connectivity index (χ4v) is 3.57. The van der Waals surface area contributed by atoms with E-state index in [1.165, 1.54) is 10.4 Å². The third-order valence-corrected chi connectivity index (χ3v) is 4.84. The lowest BCUT2D eigenvalue weighted by Crippen LogP contribution is -2.34. The molecular weight excluding hydrogens is 264 g/mol. The Labute approximate surface area is 114 Å². The molecule has 0 amide bonds. The van der Waals surface area contributed by atoms with Crippen LogP contribution in [0.2, 0.25) is 0 Å². The minimum atomic E-state index is -3.68. The van der Waals surface area contributed by atoms with Gasteiger partial charge in [-0.25, -0.2) is 8.42 Å². The fraction of sp³-hybridized carbons (Fsp3) is 0.385. The maximum atomic E-state index is 12.5. The van der Waals surface area contributed by atoms with Gasteiger partial charge in [0, 0.05) is 18.8 Å². The van der Waals surface area contributed by atoms with Crippen molar-refractivity contribution >= 4 is 15.7 Å². The molecule has 0 unspecified atom stereocenters. The number of aryl methyl sites for hydroxylation is 1. The normalized spacial score (nSPS) is 11.8. The Balaban J connectivity index is 3.36. The lowest BCUT2D eigenvalue weighted by molar-refractivity contribution is 0.260. The number of nitrogens with zero attached hydrogens (tertiary/aromatic N) is 1. The predicted molar refractivity (Wildman–Crippen MR) is 76.4 cm³/mol. The van der Waals surface area contributed by atoms with Crippen LogP contribution in [0.5, 0.6) is 0 Å². The fourth-order valence-electron chi connectivity index (χ4n) is 1.82. The van der Waals surface area contributed by atoms with Gasteiger partial charge in [-0.3, -0.25) is 0 Å². The van der Waals surface area contributed by atoms with E-state index in [1.807, 2.05) is 0 Å². The Morgan fingerprint density at radius 3 is 2.58 bits per heavy atom. The number of benzene rings is 1. The van der Waals surface area contributed by atoms with Crippen molar-refractivity contribution in [2.45, 2.75) is 18.7 Å². The minimum Gasteiger partial charge on any atom is -0.398 e. The molecule has 3 N–H and O–H groups in total. The van der Waals surface area contributed by atoms with Crippen molar-refractivity contribution in [3.05, 3.63) is 35.9 Å². The van der Waals surface area contributed by atoms with E-state index in [4.69, 9.17) is 10.8 Å². The van der Waals surface area contributed by atoms with E-state index >= 15 is 0 Å². The van der Waals surface area contributed by atoms with Crippen molar-refractivity contribution in [2.24, 2.45) is 0 Å². The number of sulfonamides is 1. The van der Waals surface area contributed by atoms with Crippen LogP contribution in [-0.4, -0.2) is 37.5 Å². The van der Waals surface area contributed by atoms with Gasteiger partial charge in [-0.05, 0) is 37.1 Å². The summed E-state index contributed by atoms with van der Waals surface area (Å²) in [5, 5.41) is 8.99. The molecule has 0 fully saturated rings. The molecule has 0 bridgehead atoms. The van der Waals surface area contributed by atoms with Gasteiger partial charge in [-0.1, -0.05) is 6.08 Å². The summed E-state index contributed by atoms with van der Waals surface area (Å²) >= 11 is 0. The average molecular weight is 284 g/mol. The molecular formula is C13H20N2O3S. The number of hydrogen-bond donors (Lipinski definition) is 2. The van der Waals surface area contributed by atoms with Gasteiger partial charge in [0.25, 0.3) is 0 Å². The van der Waals surface area contributed by atoms with Gasteiger partial charge in [-0.15, -0.1) is 6.58 Å². The first-order valence-corrected chi connectivity index (χ1v) is 7.37. The van der Waals surface area contributed by atoms with E-state index in [0.29, 0.717) is 11.3 Å². The van der Waals surface area contributed by atoms with E-state index in [2.05, 4.69) is 6.58 Å². The van der Waals surface area contributed by atoms with E-state index in [0.717, 1.165) is 5.56 Å². The summed E-state index contributed by atoms with van der Waals surface area (Å²) in [5.41, 5.74) is 7.57. The Morgan fingerprint density at radius 1 is 1.42 bits per heavy atom. The highest BCUT2D eigenvalue weighted by Gasteiger charge is 2.25. The van der Waals surface area contributed by atoms with E-state index in [9.17, 15) is 8.42 Å². The molecule has 0 heterocycles. The maximum absolute atomic E-state index is 12.5. The zero-order valence-electron chi connectivity index (χ0n) is 11.3.